The Labute approximate surface area is 92.8 Å². The molecule has 1 aliphatic rings. The highest BCUT2D eigenvalue weighted by Gasteiger charge is 2.25. The van der Waals surface area contributed by atoms with Crippen molar-refractivity contribution in [1.29, 1.82) is 0 Å². The van der Waals surface area contributed by atoms with Crippen molar-refractivity contribution in [1.82, 2.24) is 4.90 Å². The van der Waals surface area contributed by atoms with Crippen LogP contribution >= 0.6 is 0 Å². The molecule has 0 N–H and O–H groups in total. The molecule has 1 heterocycles. The van der Waals surface area contributed by atoms with Crippen LogP contribution in [0.3, 0.4) is 0 Å². The smallest absolute Gasteiger partial charge is 0.410 e. The standard InChI is InChI=1S/C12H23NO2/c1-4-6-11(5-2)15-12(14)13-8-7-10(3)9-13/h10-11H,4-9H2,1-3H3. The molecule has 0 spiro atoms. The second-order valence-corrected chi connectivity index (χ2v) is 4.54. The lowest BCUT2D eigenvalue weighted by molar-refractivity contribution is 0.0617. The van der Waals surface area contributed by atoms with Gasteiger partial charge in [-0.3, -0.25) is 0 Å². The zero-order valence-electron chi connectivity index (χ0n) is 10.2. The predicted octanol–water partition coefficient (Wildman–Crippen LogP) is 3.04. The quantitative estimate of drug-likeness (QED) is 0.718. The molecule has 3 nitrogen and oxygen atoms in total. The number of amides is 1. The fourth-order valence-electron chi connectivity index (χ4n) is 1.99. The number of carbonyl (C=O) groups is 1. The van der Waals surface area contributed by atoms with Crippen LogP contribution in [0, 0.1) is 5.92 Å². The summed E-state index contributed by atoms with van der Waals surface area (Å²) in [5.74, 6) is 0.629. The molecule has 0 aliphatic carbocycles. The van der Waals surface area contributed by atoms with Crippen molar-refractivity contribution >= 4 is 6.09 Å². The number of nitrogens with zero attached hydrogens (tertiary/aromatic N) is 1. The first-order valence-electron chi connectivity index (χ1n) is 6.12. The lowest BCUT2D eigenvalue weighted by Gasteiger charge is -2.21. The SMILES string of the molecule is CCCC(CC)OC(=O)N1CCC(C)C1. The minimum absolute atomic E-state index is 0.110. The summed E-state index contributed by atoms with van der Waals surface area (Å²) in [6.45, 7) is 8.09. The molecule has 3 heteroatoms. The number of hydrogen-bond donors (Lipinski definition) is 0. The second-order valence-electron chi connectivity index (χ2n) is 4.54. The van der Waals surface area contributed by atoms with E-state index in [9.17, 15) is 4.79 Å². The topological polar surface area (TPSA) is 29.5 Å². The lowest BCUT2D eigenvalue weighted by atomic mass is 10.2. The van der Waals surface area contributed by atoms with Gasteiger partial charge in [0.15, 0.2) is 0 Å². The molecule has 0 saturated carbocycles. The molecular weight excluding hydrogens is 190 g/mol. The van der Waals surface area contributed by atoms with Crippen molar-refractivity contribution in [3.8, 4) is 0 Å². The van der Waals surface area contributed by atoms with Crippen molar-refractivity contribution < 1.29 is 9.53 Å². The molecule has 0 radical (unpaired) electrons. The molecule has 0 aromatic carbocycles. The Bertz CT molecular complexity index is 206. The van der Waals surface area contributed by atoms with Gasteiger partial charge in [-0.2, -0.15) is 0 Å². The summed E-state index contributed by atoms with van der Waals surface area (Å²) in [4.78, 5) is 13.6. The highest BCUT2D eigenvalue weighted by molar-refractivity contribution is 5.68. The Morgan fingerprint density at radius 2 is 2.27 bits per heavy atom. The number of carbonyl (C=O) groups excluding carboxylic acids is 1. The Morgan fingerprint density at radius 3 is 2.73 bits per heavy atom. The van der Waals surface area contributed by atoms with Gasteiger partial charge in [0.25, 0.3) is 0 Å². The first-order valence-corrected chi connectivity index (χ1v) is 6.12. The summed E-state index contributed by atoms with van der Waals surface area (Å²) in [5, 5.41) is 0. The Hall–Kier alpha value is -0.730. The van der Waals surface area contributed by atoms with Crippen molar-refractivity contribution in [3.05, 3.63) is 0 Å². The maximum Gasteiger partial charge on any atom is 0.410 e. The van der Waals surface area contributed by atoms with Crippen molar-refractivity contribution in [2.75, 3.05) is 13.1 Å². The normalized spacial score (nSPS) is 22.9. The maximum atomic E-state index is 11.7. The van der Waals surface area contributed by atoms with Crippen LogP contribution in [0.4, 0.5) is 4.79 Å². The maximum absolute atomic E-state index is 11.7. The van der Waals surface area contributed by atoms with Crippen LogP contribution < -0.4 is 0 Å². The molecule has 15 heavy (non-hydrogen) atoms. The highest BCUT2D eigenvalue weighted by atomic mass is 16.6. The van der Waals surface area contributed by atoms with E-state index in [1.165, 1.54) is 0 Å². The van der Waals surface area contributed by atoms with Crippen molar-refractivity contribution in [2.45, 2.75) is 52.6 Å². The first kappa shape index (κ1) is 12.3. The zero-order valence-corrected chi connectivity index (χ0v) is 10.2. The molecule has 0 aromatic heterocycles. The molecule has 2 unspecified atom stereocenters. The third-order valence-corrected chi connectivity index (χ3v) is 3.02. The number of hydrogen-bond acceptors (Lipinski definition) is 2. The molecule has 88 valence electrons. The van der Waals surface area contributed by atoms with E-state index in [1.54, 1.807) is 0 Å². The van der Waals surface area contributed by atoms with E-state index in [1.807, 2.05) is 4.90 Å². The van der Waals surface area contributed by atoms with Crippen LogP contribution in [0.5, 0.6) is 0 Å². The van der Waals surface area contributed by atoms with E-state index in [0.717, 1.165) is 38.8 Å². The van der Waals surface area contributed by atoms with E-state index in [4.69, 9.17) is 4.74 Å². The zero-order chi connectivity index (χ0) is 11.3. The summed E-state index contributed by atoms with van der Waals surface area (Å²) in [5.41, 5.74) is 0. The third kappa shape index (κ3) is 3.73. The number of ether oxygens (including phenoxy) is 1. The van der Waals surface area contributed by atoms with Gasteiger partial charge in [0.2, 0.25) is 0 Å². The van der Waals surface area contributed by atoms with Crippen molar-refractivity contribution in [3.63, 3.8) is 0 Å². The van der Waals surface area contributed by atoms with E-state index >= 15 is 0 Å². The average molecular weight is 213 g/mol. The van der Waals surface area contributed by atoms with E-state index in [2.05, 4.69) is 20.8 Å². The molecule has 0 aromatic rings. The monoisotopic (exact) mass is 213 g/mol. The Balaban J connectivity index is 2.33. The lowest BCUT2D eigenvalue weighted by Crippen LogP contribution is -2.32. The van der Waals surface area contributed by atoms with Gasteiger partial charge >= 0.3 is 6.09 Å². The summed E-state index contributed by atoms with van der Waals surface area (Å²) in [6.07, 6.45) is 4.08. The van der Waals surface area contributed by atoms with E-state index in [-0.39, 0.29) is 12.2 Å². The minimum Gasteiger partial charge on any atom is -0.446 e. The van der Waals surface area contributed by atoms with Gasteiger partial charge in [-0.25, -0.2) is 4.79 Å². The predicted molar refractivity (Wildman–Crippen MR) is 60.8 cm³/mol. The second kappa shape index (κ2) is 5.99. The fourth-order valence-corrected chi connectivity index (χ4v) is 1.99. The summed E-state index contributed by atoms with van der Waals surface area (Å²) in [7, 11) is 0. The van der Waals surface area contributed by atoms with Crippen molar-refractivity contribution in [2.24, 2.45) is 5.92 Å². The molecule has 1 fully saturated rings. The van der Waals surface area contributed by atoms with Gasteiger partial charge in [-0.05, 0) is 25.2 Å². The fraction of sp³-hybridized carbons (Fsp3) is 0.917. The van der Waals surface area contributed by atoms with Gasteiger partial charge in [-0.15, -0.1) is 0 Å². The molecule has 1 rings (SSSR count). The van der Waals surface area contributed by atoms with Crippen LogP contribution in [0.1, 0.15) is 46.5 Å². The largest absolute Gasteiger partial charge is 0.446 e. The van der Waals surface area contributed by atoms with Crippen LogP contribution in [-0.2, 0) is 4.74 Å². The molecule has 1 saturated heterocycles. The molecule has 0 bridgehead atoms. The Morgan fingerprint density at radius 1 is 1.53 bits per heavy atom. The summed E-state index contributed by atoms with van der Waals surface area (Å²) in [6, 6.07) is 0. The van der Waals surface area contributed by atoms with E-state index < -0.39 is 0 Å². The minimum atomic E-state index is -0.111. The van der Waals surface area contributed by atoms with Gasteiger partial charge in [-0.1, -0.05) is 27.2 Å². The number of rotatable bonds is 4. The Kier molecular flexibility index (Phi) is 4.92. The van der Waals surface area contributed by atoms with Gasteiger partial charge in [0.1, 0.15) is 6.10 Å². The van der Waals surface area contributed by atoms with Crippen LogP contribution in [-0.4, -0.2) is 30.2 Å². The third-order valence-electron chi connectivity index (χ3n) is 3.02. The number of likely N-dealkylation sites (tertiary alicyclic amines) is 1. The van der Waals surface area contributed by atoms with Crippen LogP contribution in [0.15, 0.2) is 0 Å². The molecule has 1 aliphatic heterocycles. The summed E-state index contributed by atoms with van der Waals surface area (Å²) >= 11 is 0. The van der Waals surface area contributed by atoms with Gasteiger partial charge in [0, 0.05) is 13.1 Å². The first-order chi connectivity index (χ1) is 7.17. The summed E-state index contributed by atoms with van der Waals surface area (Å²) < 4.78 is 5.46. The van der Waals surface area contributed by atoms with Gasteiger partial charge < -0.3 is 9.64 Å². The molecular formula is C12H23NO2. The highest BCUT2D eigenvalue weighted by Crippen LogP contribution is 2.17. The van der Waals surface area contributed by atoms with E-state index in [0.29, 0.717) is 5.92 Å². The average Bonchev–Trinajstić information content (AvgIpc) is 2.64. The molecule has 2 atom stereocenters. The molecule has 1 amide bonds. The van der Waals surface area contributed by atoms with Gasteiger partial charge in [0.05, 0.1) is 0 Å². The van der Waals surface area contributed by atoms with Crippen LogP contribution in [0.2, 0.25) is 0 Å². The van der Waals surface area contributed by atoms with Crippen LogP contribution in [0.25, 0.3) is 0 Å².